The van der Waals surface area contributed by atoms with Gasteiger partial charge >= 0.3 is 18.1 Å². The van der Waals surface area contributed by atoms with Crippen molar-refractivity contribution in [1.29, 1.82) is 0 Å². The summed E-state index contributed by atoms with van der Waals surface area (Å²) in [6, 6.07) is 14.1. The van der Waals surface area contributed by atoms with Crippen molar-refractivity contribution in [1.82, 2.24) is 9.97 Å². The maximum Gasteiger partial charge on any atom is 0.490 e. The molecular weight excluding hydrogens is 644 g/mol. The van der Waals surface area contributed by atoms with Gasteiger partial charge in [-0.25, -0.2) is 9.59 Å². The zero-order valence-corrected chi connectivity index (χ0v) is 24.6. The largest absolute Gasteiger partial charge is 0.490 e. The number of rotatable bonds is 5. The number of anilines is 1. The molecule has 1 aliphatic heterocycles. The van der Waals surface area contributed by atoms with E-state index in [4.69, 9.17) is 33.1 Å². The molecule has 2 aromatic carbocycles. The highest BCUT2D eigenvalue weighted by Gasteiger charge is 2.38. The van der Waals surface area contributed by atoms with Crippen LogP contribution in [0, 0.1) is 0 Å². The van der Waals surface area contributed by atoms with Crippen molar-refractivity contribution >= 4 is 80.6 Å². The number of hydrogen-bond donors (Lipinski definition) is 3. The molecule has 0 bridgehead atoms. The lowest BCUT2D eigenvalue weighted by Gasteiger charge is -2.14. The van der Waals surface area contributed by atoms with Crippen LogP contribution in [-0.2, 0) is 16.0 Å². The number of carboxylic acid groups (broad SMARTS) is 2. The number of aliphatic carboxylic acids is 1. The number of amidine groups is 1. The summed E-state index contributed by atoms with van der Waals surface area (Å²) in [6.07, 6.45) is 0.337. The van der Waals surface area contributed by atoms with Crippen molar-refractivity contribution in [3.05, 3.63) is 92.7 Å². The topological polar surface area (TPSA) is 142 Å². The minimum Gasteiger partial charge on any atom is -0.478 e. The average Bonchev–Trinajstić information content (AvgIpc) is 3.32. The lowest BCUT2D eigenvalue weighted by atomic mass is 9.93. The van der Waals surface area contributed by atoms with Crippen molar-refractivity contribution in [2.45, 2.75) is 19.5 Å². The molecule has 4 aromatic rings. The summed E-state index contributed by atoms with van der Waals surface area (Å²) in [5, 5.41) is 22.0. The number of pyridine rings is 2. The smallest absolute Gasteiger partial charge is 0.478 e. The molecule has 0 aliphatic carbocycles. The zero-order chi connectivity index (χ0) is 32.2. The van der Waals surface area contributed by atoms with Crippen LogP contribution in [0.5, 0.6) is 0 Å². The van der Waals surface area contributed by atoms with Gasteiger partial charge in [0.1, 0.15) is 0 Å². The van der Waals surface area contributed by atoms with E-state index >= 15 is 0 Å². The second kappa shape index (κ2) is 13.5. The van der Waals surface area contributed by atoms with E-state index in [1.54, 1.807) is 48.8 Å². The quantitative estimate of drug-likeness (QED) is 0.184. The number of alkyl halides is 3. The molecule has 0 radical (unpaired) electrons. The Labute approximate surface area is 261 Å². The Morgan fingerprint density at radius 3 is 2.25 bits per heavy atom. The normalized spacial score (nSPS) is 13.8. The summed E-state index contributed by atoms with van der Waals surface area (Å²) in [5.41, 5.74) is 3.77. The Morgan fingerprint density at radius 2 is 1.68 bits per heavy atom. The summed E-state index contributed by atoms with van der Waals surface area (Å²) in [7, 11) is 0. The number of para-hydroxylation sites is 1. The molecule has 1 amide bonds. The Kier molecular flexibility index (Phi) is 9.92. The lowest BCUT2D eigenvalue weighted by Crippen LogP contribution is -2.21. The predicted octanol–water partition coefficient (Wildman–Crippen LogP) is 7.58. The number of aliphatic imine (C=N–C) groups is 1. The summed E-state index contributed by atoms with van der Waals surface area (Å²) >= 11 is 13.6. The zero-order valence-electron chi connectivity index (χ0n) is 22.3. The van der Waals surface area contributed by atoms with Gasteiger partial charge in [-0.05, 0) is 71.8 Å². The number of thioether (sulfide) groups is 1. The first-order valence-electron chi connectivity index (χ1n) is 12.4. The maximum atomic E-state index is 12.6. The van der Waals surface area contributed by atoms with E-state index in [2.05, 4.69) is 20.3 Å². The molecule has 0 spiro atoms. The van der Waals surface area contributed by atoms with Gasteiger partial charge in [0.05, 0.1) is 37.4 Å². The molecule has 9 nitrogen and oxygen atoms in total. The monoisotopic (exact) mass is 662 g/mol. The number of fused-ring (bicyclic) bond motifs is 1. The van der Waals surface area contributed by atoms with Gasteiger partial charge in [0.2, 0.25) is 0 Å². The van der Waals surface area contributed by atoms with Crippen LogP contribution in [-0.4, -0.2) is 49.4 Å². The second-order valence-electron chi connectivity index (χ2n) is 8.84. The van der Waals surface area contributed by atoms with E-state index in [1.807, 2.05) is 25.1 Å². The van der Waals surface area contributed by atoms with E-state index < -0.39 is 24.0 Å². The van der Waals surface area contributed by atoms with Crippen LogP contribution in [0.25, 0.3) is 28.1 Å². The number of nitrogens with one attached hydrogen (secondary N) is 1. The van der Waals surface area contributed by atoms with Gasteiger partial charge in [-0.3, -0.25) is 14.8 Å². The average molecular weight is 663 g/mol. The predicted molar refractivity (Wildman–Crippen MR) is 163 cm³/mol. The minimum absolute atomic E-state index is 0.156. The fourth-order valence-corrected chi connectivity index (χ4v) is 5.37. The molecule has 2 aromatic heterocycles. The number of nitrogens with zero attached hydrogens (tertiary/aromatic N) is 3. The number of hydrogen-bond acceptors (Lipinski definition) is 7. The highest BCUT2D eigenvalue weighted by Crippen LogP contribution is 2.37. The molecule has 0 saturated carbocycles. The van der Waals surface area contributed by atoms with Gasteiger partial charge in [0.25, 0.3) is 5.91 Å². The van der Waals surface area contributed by atoms with Gasteiger partial charge in [0.15, 0.2) is 5.17 Å². The molecular formula is C29H19Cl2F3N4O5S. The number of halogens is 5. The molecule has 3 heterocycles. The van der Waals surface area contributed by atoms with Crippen LogP contribution in [0.3, 0.4) is 0 Å². The Morgan fingerprint density at radius 1 is 1.05 bits per heavy atom. The molecule has 1 aliphatic rings. The molecule has 0 fully saturated rings. The van der Waals surface area contributed by atoms with E-state index in [1.165, 1.54) is 0 Å². The third-order valence-electron chi connectivity index (χ3n) is 5.96. The number of carboxylic acids is 2. The number of amides is 1. The molecule has 5 rings (SSSR count). The highest BCUT2D eigenvalue weighted by atomic mass is 35.5. The first-order chi connectivity index (χ1) is 20.8. The van der Waals surface area contributed by atoms with Crippen molar-refractivity contribution in [2.24, 2.45) is 4.99 Å². The van der Waals surface area contributed by atoms with Crippen molar-refractivity contribution in [2.75, 3.05) is 5.32 Å². The third kappa shape index (κ3) is 7.36. The van der Waals surface area contributed by atoms with E-state index in [0.29, 0.717) is 60.0 Å². The fraction of sp³-hybridized carbons (Fsp3) is 0.103. The Bertz CT molecular complexity index is 1830. The molecule has 0 saturated heterocycles. The van der Waals surface area contributed by atoms with Crippen molar-refractivity contribution in [3.8, 4) is 11.1 Å². The van der Waals surface area contributed by atoms with Crippen molar-refractivity contribution in [3.63, 3.8) is 0 Å². The lowest BCUT2D eigenvalue weighted by molar-refractivity contribution is -0.192. The van der Waals surface area contributed by atoms with E-state index in [0.717, 1.165) is 17.3 Å². The SMILES string of the molecule is CCc1nc2ccc(C=C3SC(Nc4c(Cl)cccc4Cl)=NC3=O)cc2c(-c2ccncc2)c1C(=O)O.O=C(O)C(F)(F)F. The number of aromatic nitrogens is 2. The van der Waals surface area contributed by atoms with E-state index in [9.17, 15) is 27.9 Å². The van der Waals surface area contributed by atoms with Crippen LogP contribution >= 0.6 is 35.0 Å². The number of benzene rings is 2. The number of aryl methyl sites for hydroxylation is 1. The fourth-order valence-electron chi connectivity index (χ4n) is 4.06. The summed E-state index contributed by atoms with van der Waals surface area (Å²) in [5.74, 6) is -4.21. The molecule has 0 atom stereocenters. The van der Waals surface area contributed by atoms with Crippen LogP contribution in [0.1, 0.15) is 28.5 Å². The molecule has 44 heavy (non-hydrogen) atoms. The standard InChI is InChI=1S/C27H18Cl2N4O3S.C2HF3O2/c1-2-19-23(26(35)36)22(15-8-10-30-11-9-15)16-12-14(6-7-20(16)31-19)13-21-25(34)33-27(37-21)32-24-17(28)4-3-5-18(24)29;3-2(4,5)1(6)7/h3-13H,2H2,1H3,(H,35,36)(H,32,33,34);(H,6,7). The van der Waals surface area contributed by atoms with Gasteiger partial charge in [-0.1, -0.05) is 42.3 Å². The Hall–Kier alpha value is -4.46. The number of carbonyl (C=O) groups is 3. The highest BCUT2D eigenvalue weighted by molar-refractivity contribution is 8.18. The van der Waals surface area contributed by atoms with Gasteiger partial charge in [-0.2, -0.15) is 18.2 Å². The third-order valence-corrected chi connectivity index (χ3v) is 7.49. The molecule has 3 N–H and O–H groups in total. The molecule has 15 heteroatoms. The van der Waals surface area contributed by atoms with Crippen LogP contribution in [0.2, 0.25) is 10.0 Å². The Balaban J connectivity index is 0.000000566. The van der Waals surface area contributed by atoms with Crippen LogP contribution in [0.15, 0.2) is 70.8 Å². The van der Waals surface area contributed by atoms with Gasteiger partial charge in [0, 0.05) is 23.3 Å². The van der Waals surface area contributed by atoms with Gasteiger partial charge < -0.3 is 15.5 Å². The van der Waals surface area contributed by atoms with E-state index in [-0.39, 0.29) is 5.56 Å². The number of aromatic carboxylic acids is 1. The first kappa shape index (κ1) is 32.5. The second-order valence-corrected chi connectivity index (χ2v) is 10.7. The summed E-state index contributed by atoms with van der Waals surface area (Å²) in [4.78, 5) is 47.0. The number of carbonyl (C=O) groups excluding carboxylic acids is 1. The first-order valence-corrected chi connectivity index (χ1v) is 14.0. The molecule has 0 unspecified atom stereocenters. The van der Waals surface area contributed by atoms with Crippen LogP contribution < -0.4 is 5.32 Å². The van der Waals surface area contributed by atoms with Gasteiger partial charge in [-0.15, -0.1) is 0 Å². The summed E-state index contributed by atoms with van der Waals surface area (Å²) < 4.78 is 31.7. The molecule has 226 valence electrons. The van der Waals surface area contributed by atoms with Crippen LogP contribution in [0.4, 0.5) is 18.9 Å². The van der Waals surface area contributed by atoms with Crippen molar-refractivity contribution < 1.29 is 37.8 Å². The maximum absolute atomic E-state index is 12.6. The summed E-state index contributed by atoms with van der Waals surface area (Å²) in [6.45, 7) is 1.88. The minimum atomic E-state index is -5.08.